The summed E-state index contributed by atoms with van der Waals surface area (Å²) in [4.78, 5) is 0.375. The number of sulfonamides is 1. The van der Waals surface area contributed by atoms with Crippen molar-refractivity contribution in [1.29, 1.82) is 0 Å². The van der Waals surface area contributed by atoms with Crippen molar-refractivity contribution in [3.05, 3.63) is 64.5 Å². The lowest BCUT2D eigenvalue weighted by Gasteiger charge is -2.25. The molecule has 1 fully saturated rings. The highest BCUT2D eigenvalue weighted by molar-refractivity contribution is 7.89. The van der Waals surface area contributed by atoms with Crippen molar-refractivity contribution < 1.29 is 12.8 Å². The topological polar surface area (TPSA) is 37.4 Å². The first-order valence-corrected chi connectivity index (χ1v) is 9.60. The van der Waals surface area contributed by atoms with Gasteiger partial charge in [0.05, 0.1) is 10.9 Å². The van der Waals surface area contributed by atoms with Gasteiger partial charge in [0.1, 0.15) is 5.82 Å². The average Bonchev–Trinajstić information content (AvgIpc) is 3.02. The molecule has 1 atom stereocenters. The van der Waals surface area contributed by atoms with Gasteiger partial charge >= 0.3 is 0 Å². The van der Waals surface area contributed by atoms with Crippen molar-refractivity contribution in [2.24, 2.45) is 0 Å². The predicted octanol–water partition coefficient (Wildman–Crippen LogP) is 4.28. The molecule has 24 heavy (non-hydrogen) atoms. The summed E-state index contributed by atoms with van der Waals surface area (Å²) in [7, 11) is -3.58. The molecule has 3 rings (SSSR count). The van der Waals surface area contributed by atoms with Crippen LogP contribution in [0.5, 0.6) is 0 Å². The largest absolute Gasteiger partial charge is 0.243 e. The van der Waals surface area contributed by atoms with Crippen LogP contribution in [0, 0.1) is 26.6 Å². The number of nitrogens with zero attached hydrogens (tertiary/aromatic N) is 1. The SMILES string of the molecule is Cc1cc(C)c(S(=O)(=O)N2CCCC2c2ccc(F)cc2)cc1C. The van der Waals surface area contributed by atoms with Gasteiger partial charge in [0, 0.05) is 6.54 Å². The lowest BCUT2D eigenvalue weighted by Crippen LogP contribution is -2.31. The molecular weight excluding hydrogens is 325 g/mol. The summed E-state index contributed by atoms with van der Waals surface area (Å²) < 4.78 is 41.2. The number of rotatable bonds is 3. The quantitative estimate of drug-likeness (QED) is 0.831. The van der Waals surface area contributed by atoms with E-state index in [4.69, 9.17) is 0 Å². The molecule has 1 aliphatic rings. The molecule has 1 unspecified atom stereocenters. The Morgan fingerprint density at radius 2 is 1.62 bits per heavy atom. The Hall–Kier alpha value is -1.72. The molecule has 2 aromatic rings. The monoisotopic (exact) mass is 347 g/mol. The van der Waals surface area contributed by atoms with E-state index in [1.165, 1.54) is 12.1 Å². The standard InChI is InChI=1S/C19H22FNO2S/c1-13-11-15(3)19(12-14(13)2)24(22,23)21-10-4-5-18(21)16-6-8-17(20)9-7-16/h6-9,11-12,18H,4-5,10H2,1-3H3. The van der Waals surface area contributed by atoms with Crippen LogP contribution in [-0.4, -0.2) is 19.3 Å². The fourth-order valence-corrected chi connectivity index (χ4v) is 5.36. The lowest BCUT2D eigenvalue weighted by molar-refractivity contribution is 0.396. The first-order chi connectivity index (χ1) is 11.3. The van der Waals surface area contributed by atoms with Crippen LogP contribution in [0.25, 0.3) is 0 Å². The molecule has 3 nitrogen and oxygen atoms in total. The van der Waals surface area contributed by atoms with E-state index in [9.17, 15) is 12.8 Å². The van der Waals surface area contributed by atoms with Crippen LogP contribution in [0.15, 0.2) is 41.3 Å². The third-order valence-corrected chi connectivity index (χ3v) is 6.89. The van der Waals surface area contributed by atoms with E-state index in [0.717, 1.165) is 35.1 Å². The van der Waals surface area contributed by atoms with Crippen molar-refractivity contribution in [2.75, 3.05) is 6.54 Å². The first kappa shape index (κ1) is 17.1. The van der Waals surface area contributed by atoms with Crippen LogP contribution in [0.2, 0.25) is 0 Å². The van der Waals surface area contributed by atoms with E-state index in [2.05, 4.69) is 0 Å². The molecule has 5 heteroatoms. The van der Waals surface area contributed by atoms with Crippen molar-refractivity contribution in [1.82, 2.24) is 4.31 Å². The van der Waals surface area contributed by atoms with Crippen LogP contribution < -0.4 is 0 Å². The fraction of sp³-hybridized carbons (Fsp3) is 0.368. The number of hydrogen-bond acceptors (Lipinski definition) is 2. The minimum absolute atomic E-state index is 0.225. The van der Waals surface area contributed by atoms with E-state index in [0.29, 0.717) is 11.4 Å². The van der Waals surface area contributed by atoms with Crippen LogP contribution in [0.4, 0.5) is 4.39 Å². The van der Waals surface area contributed by atoms with Crippen molar-refractivity contribution in [3.8, 4) is 0 Å². The summed E-state index contributed by atoms with van der Waals surface area (Å²) >= 11 is 0. The lowest BCUT2D eigenvalue weighted by atomic mass is 10.1. The molecule has 0 N–H and O–H groups in total. The Morgan fingerprint density at radius 3 is 2.29 bits per heavy atom. The average molecular weight is 347 g/mol. The van der Waals surface area contributed by atoms with Gasteiger partial charge in [-0.05, 0) is 74.1 Å². The molecule has 2 aromatic carbocycles. The molecule has 128 valence electrons. The van der Waals surface area contributed by atoms with Gasteiger partial charge in [-0.2, -0.15) is 4.31 Å². The number of hydrogen-bond donors (Lipinski definition) is 0. The van der Waals surface area contributed by atoms with Crippen molar-refractivity contribution in [3.63, 3.8) is 0 Å². The van der Waals surface area contributed by atoms with Crippen LogP contribution in [0.1, 0.15) is 41.1 Å². The van der Waals surface area contributed by atoms with Crippen LogP contribution >= 0.6 is 0 Å². The number of benzene rings is 2. The molecule has 0 amide bonds. The zero-order valence-corrected chi connectivity index (χ0v) is 15.0. The van der Waals surface area contributed by atoms with Gasteiger partial charge in [0.15, 0.2) is 0 Å². The Labute approximate surface area is 143 Å². The predicted molar refractivity (Wildman–Crippen MR) is 92.9 cm³/mol. The summed E-state index contributed by atoms with van der Waals surface area (Å²) in [5, 5.41) is 0. The maximum Gasteiger partial charge on any atom is 0.243 e. The Kier molecular flexibility index (Phi) is 4.49. The summed E-state index contributed by atoms with van der Waals surface area (Å²) in [6.07, 6.45) is 1.57. The van der Waals surface area contributed by atoms with Crippen molar-refractivity contribution >= 4 is 10.0 Å². The van der Waals surface area contributed by atoms with Gasteiger partial charge in [-0.15, -0.1) is 0 Å². The smallest absolute Gasteiger partial charge is 0.207 e. The second-order valence-corrected chi connectivity index (χ2v) is 8.39. The van der Waals surface area contributed by atoms with Crippen LogP contribution in [0.3, 0.4) is 0 Å². The molecule has 0 aromatic heterocycles. The van der Waals surface area contributed by atoms with Gasteiger partial charge in [0.25, 0.3) is 0 Å². The van der Waals surface area contributed by atoms with Gasteiger partial charge in [-0.1, -0.05) is 18.2 Å². The maximum atomic E-state index is 13.2. The normalized spacial score (nSPS) is 18.9. The second kappa shape index (κ2) is 6.30. The summed E-state index contributed by atoms with van der Waals surface area (Å²) in [6.45, 7) is 6.24. The molecule has 0 radical (unpaired) electrons. The molecular formula is C19H22FNO2S. The molecule has 0 saturated carbocycles. The van der Waals surface area contributed by atoms with E-state index in [-0.39, 0.29) is 11.9 Å². The van der Waals surface area contributed by atoms with E-state index in [1.54, 1.807) is 22.5 Å². The summed E-state index contributed by atoms with van der Waals surface area (Å²) in [6, 6.07) is 9.60. The third kappa shape index (κ3) is 2.98. The molecule has 1 heterocycles. The Morgan fingerprint density at radius 1 is 1.00 bits per heavy atom. The molecule has 0 bridgehead atoms. The van der Waals surface area contributed by atoms with E-state index >= 15 is 0 Å². The Balaban J connectivity index is 2.02. The number of halogens is 1. The summed E-state index contributed by atoms with van der Waals surface area (Å²) in [5.41, 5.74) is 3.67. The molecule has 1 saturated heterocycles. The van der Waals surface area contributed by atoms with Crippen molar-refractivity contribution in [2.45, 2.75) is 44.6 Å². The highest BCUT2D eigenvalue weighted by atomic mass is 32.2. The minimum Gasteiger partial charge on any atom is -0.207 e. The van der Waals surface area contributed by atoms with E-state index in [1.807, 2.05) is 26.8 Å². The van der Waals surface area contributed by atoms with Crippen LogP contribution in [-0.2, 0) is 10.0 Å². The van der Waals surface area contributed by atoms with Gasteiger partial charge < -0.3 is 0 Å². The highest BCUT2D eigenvalue weighted by Crippen LogP contribution is 2.37. The Bertz CT molecular complexity index is 860. The molecule has 0 spiro atoms. The number of aryl methyl sites for hydroxylation is 3. The maximum absolute atomic E-state index is 13.2. The highest BCUT2D eigenvalue weighted by Gasteiger charge is 2.37. The molecule has 1 aliphatic heterocycles. The first-order valence-electron chi connectivity index (χ1n) is 8.16. The third-order valence-electron chi connectivity index (χ3n) is 4.84. The summed E-state index contributed by atoms with van der Waals surface area (Å²) in [5.74, 6) is -0.309. The zero-order chi connectivity index (χ0) is 17.5. The molecule has 0 aliphatic carbocycles. The van der Waals surface area contributed by atoms with Gasteiger partial charge in [0.2, 0.25) is 10.0 Å². The van der Waals surface area contributed by atoms with Gasteiger partial charge in [-0.3, -0.25) is 0 Å². The second-order valence-electron chi connectivity index (χ2n) is 6.53. The minimum atomic E-state index is -3.58. The fourth-order valence-electron chi connectivity index (χ4n) is 3.38. The van der Waals surface area contributed by atoms with Gasteiger partial charge in [-0.25, -0.2) is 12.8 Å². The van der Waals surface area contributed by atoms with E-state index < -0.39 is 10.0 Å². The zero-order valence-electron chi connectivity index (χ0n) is 14.2.